The monoisotopic (exact) mass is 287 g/mol. The van der Waals surface area contributed by atoms with Crippen LogP contribution in [0.25, 0.3) is 0 Å². The third kappa shape index (κ3) is 2.76. The predicted octanol–water partition coefficient (Wildman–Crippen LogP) is 1.28. The van der Waals surface area contributed by atoms with E-state index in [2.05, 4.69) is 4.72 Å². The molecule has 0 spiro atoms. The minimum absolute atomic E-state index is 0.159. The Bertz CT molecular complexity index is 623. The third-order valence-electron chi connectivity index (χ3n) is 3.35. The highest BCUT2D eigenvalue weighted by Gasteiger charge is 2.50. The molecule has 0 aliphatic heterocycles. The first kappa shape index (κ1) is 14.0. The lowest BCUT2D eigenvalue weighted by Gasteiger charge is -2.13. The van der Waals surface area contributed by atoms with Crippen LogP contribution in [0.2, 0.25) is 0 Å². The molecule has 2 rings (SSSR count). The Labute approximate surface area is 110 Å². The van der Waals surface area contributed by atoms with E-state index in [1.807, 2.05) is 0 Å². The molecule has 0 amide bonds. The summed E-state index contributed by atoms with van der Waals surface area (Å²) in [5.74, 6) is -1.66. The molecule has 19 heavy (non-hydrogen) atoms. The second kappa shape index (κ2) is 4.57. The number of halogens is 1. The van der Waals surface area contributed by atoms with Crippen molar-refractivity contribution in [1.29, 1.82) is 0 Å². The van der Waals surface area contributed by atoms with Gasteiger partial charge in [-0.2, -0.15) is 0 Å². The van der Waals surface area contributed by atoms with Crippen molar-refractivity contribution < 1.29 is 22.7 Å². The first-order chi connectivity index (χ1) is 8.77. The van der Waals surface area contributed by atoms with Gasteiger partial charge in [-0.3, -0.25) is 4.79 Å². The van der Waals surface area contributed by atoms with Crippen molar-refractivity contribution in [3.05, 3.63) is 29.6 Å². The maximum atomic E-state index is 13.1. The van der Waals surface area contributed by atoms with E-state index in [-0.39, 0.29) is 11.4 Å². The van der Waals surface area contributed by atoms with E-state index in [0.717, 1.165) is 6.07 Å². The summed E-state index contributed by atoms with van der Waals surface area (Å²) in [5, 5.41) is 8.98. The Balaban J connectivity index is 2.19. The minimum atomic E-state index is -3.89. The number of hydrogen-bond donors (Lipinski definition) is 2. The molecule has 0 radical (unpaired) electrons. The van der Waals surface area contributed by atoms with E-state index < -0.39 is 27.2 Å². The summed E-state index contributed by atoms with van der Waals surface area (Å²) in [4.78, 5) is 10.8. The normalized spacial score (nSPS) is 17.2. The standard InChI is InChI=1S/C12H14FNO4S/c1-8-2-3-9(13)6-10(8)19(17,18)14-7-12(4-5-12)11(15)16/h2-3,6,14H,4-5,7H2,1H3,(H,15,16). The highest BCUT2D eigenvalue weighted by atomic mass is 32.2. The van der Waals surface area contributed by atoms with Crippen LogP contribution in [0.3, 0.4) is 0 Å². The van der Waals surface area contributed by atoms with Crippen LogP contribution in [0.1, 0.15) is 18.4 Å². The molecule has 0 bridgehead atoms. The van der Waals surface area contributed by atoms with Gasteiger partial charge in [-0.1, -0.05) is 6.07 Å². The molecule has 1 aliphatic rings. The molecule has 0 aromatic heterocycles. The average molecular weight is 287 g/mol. The van der Waals surface area contributed by atoms with Gasteiger partial charge in [0.2, 0.25) is 10.0 Å². The highest BCUT2D eigenvalue weighted by molar-refractivity contribution is 7.89. The molecular formula is C12H14FNO4S. The van der Waals surface area contributed by atoms with Crippen molar-refractivity contribution in [3.63, 3.8) is 0 Å². The maximum Gasteiger partial charge on any atom is 0.310 e. The van der Waals surface area contributed by atoms with Gasteiger partial charge in [0.05, 0.1) is 10.3 Å². The fraction of sp³-hybridized carbons (Fsp3) is 0.417. The Hall–Kier alpha value is -1.47. The molecule has 0 atom stereocenters. The number of rotatable bonds is 5. The smallest absolute Gasteiger partial charge is 0.310 e. The van der Waals surface area contributed by atoms with E-state index in [1.165, 1.54) is 12.1 Å². The number of carbonyl (C=O) groups is 1. The van der Waals surface area contributed by atoms with Gasteiger partial charge in [0.25, 0.3) is 0 Å². The molecule has 5 nitrogen and oxygen atoms in total. The van der Waals surface area contributed by atoms with Gasteiger partial charge in [0, 0.05) is 6.54 Å². The Morgan fingerprint density at radius 1 is 1.47 bits per heavy atom. The van der Waals surface area contributed by atoms with Gasteiger partial charge in [-0.15, -0.1) is 0 Å². The SMILES string of the molecule is Cc1ccc(F)cc1S(=O)(=O)NCC1(C(=O)O)CC1. The van der Waals surface area contributed by atoms with E-state index in [4.69, 9.17) is 5.11 Å². The zero-order valence-corrected chi connectivity index (χ0v) is 11.1. The largest absolute Gasteiger partial charge is 0.481 e. The Morgan fingerprint density at radius 2 is 2.11 bits per heavy atom. The van der Waals surface area contributed by atoms with Gasteiger partial charge in [-0.25, -0.2) is 17.5 Å². The number of aliphatic carboxylic acids is 1. The lowest BCUT2D eigenvalue weighted by Crippen LogP contribution is -2.34. The van der Waals surface area contributed by atoms with E-state index in [9.17, 15) is 17.6 Å². The number of benzene rings is 1. The molecule has 1 aromatic rings. The van der Waals surface area contributed by atoms with Crippen molar-refractivity contribution >= 4 is 16.0 Å². The summed E-state index contributed by atoms with van der Waals surface area (Å²) < 4.78 is 39.4. The van der Waals surface area contributed by atoms with E-state index >= 15 is 0 Å². The van der Waals surface area contributed by atoms with Crippen LogP contribution in [-0.4, -0.2) is 26.0 Å². The van der Waals surface area contributed by atoms with Crippen LogP contribution < -0.4 is 4.72 Å². The van der Waals surface area contributed by atoms with E-state index in [1.54, 1.807) is 6.92 Å². The van der Waals surface area contributed by atoms with Crippen LogP contribution in [0.5, 0.6) is 0 Å². The van der Waals surface area contributed by atoms with Crippen LogP contribution in [0.4, 0.5) is 4.39 Å². The van der Waals surface area contributed by atoms with Gasteiger partial charge < -0.3 is 5.11 Å². The number of carboxylic acids is 1. The fourth-order valence-electron chi connectivity index (χ4n) is 1.79. The predicted molar refractivity (Wildman–Crippen MR) is 65.6 cm³/mol. The summed E-state index contributed by atoms with van der Waals surface area (Å²) in [7, 11) is -3.89. The Kier molecular flexibility index (Phi) is 3.36. The van der Waals surface area contributed by atoms with Crippen LogP contribution in [0, 0.1) is 18.2 Å². The van der Waals surface area contributed by atoms with E-state index in [0.29, 0.717) is 18.4 Å². The van der Waals surface area contributed by atoms with Crippen LogP contribution in [0.15, 0.2) is 23.1 Å². The quantitative estimate of drug-likeness (QED) is 0.854. The van der Waals surface area contributed by atoms with Crippen molar-refractivity contribution in [2.45, 2.75) is 24.7 Å². The number of aryl methyl sites for hydroxylation is 1. The average Bonchev–Trinajstić information content (AvgIpc) is 3.11. The lowest BCUT2D eigenvalue weighted by atomic mass is 10.1. The zero-order chi connectivity index (χ0) is 14.3. The molecule has 2 N–H and O–H groups in total. The molecule has 1 aromatic carbocycles. The molecule has 104 valence electrons. The number of hydrogen-bond acceptors (Lipinski definition) is 3. The second-order valence-electron chi connectivity index (χ2n) is 4.82. The number of sulfonamides is 1. The number of carboxylic acid groups (broad SMARTS) is 1. The summed E-state index contributed by atoms with van der Waals surface area (Å²) in [5.41, 5.74) is -0.581. The lowest BCUT2D eigenvalue weighted by molar-refractivity contribution is -0.143. The molecule has 7 heteroatoms. The topological polar surface area (TPSA) is 83.5 Å². The van der Waals surface area contributed by atoms with Gasteiger partial charge in [0.1, 0.15) is 5.82 Å². The summed E-state index contributed by atoms with van der Waals surface area (Å²) in [6, 6.07) is 3.47. The van der Waals surface area contributed by atoms with Gasteiger partial charge in [-0.05, 0) is 37.5 Å². The molecule has 1 aliphatic carbocycles. The molecule has 0 saturated heterocycles. The Morgan fingerprint density at radius 3 is 2.63 bits per heavy atom. The first-order valence-electron chi connectivity index (χ1n) is 5.76. The first-order valence-corrected chi connectivity index (χ1v) is 7.24. The summed E-state index contributed by atoms with van der Waals surface area (Å²) in [6.07, 6.45) is 0.903. The molecular weight excluding hydrogens is 273 g/mol. The molecule has 0 unspecified atom stereocenters. The van der Waals surface area contributed by atoms with Gasteiger partial charge in [0.15, 0.2) is 0 Å². The summed E-state index contributed by atoms with van der Waals surface area (Å²) in [6.45, 7) is 1.39. The van der Waals surface area contributed by atoms with Crippen molar-refractivity contribution in [2.75, 3.05) is 6.54 Å². The van der Waals surface area contributed by atoms with Crippen LogP contribution in [-0.2, 0) is 14.8 Å². The molecule has 1 saturated carbocycles. The maximum absolute atomic E-state index is 13.1. The second-order valence-corrected chi connectivity index (χ2v) is 6.56. The molecule has 0 heterocycles. The zero-order valence-electron chi connectivity index (χ0n) is 10.3. The van der Waals surface area contributed by atoms with Crippen molar-refractivity contribution in [1.82, 2.24) is 4.72 Å². The summed E-state index contributed by atoms with van der Waals surface area (Å²) >= 11 is 0. The highest BCUT2D eigenvalue weighted by Crippen LogP contribution is 2.45. The third-order valence-corrected chi connectivity index (χ3v) is 4.89. The molecule has 1 fully saturated rings. The van der Waals surface area contributed by atoms with Gasteiger partial charge >= 0.3 is 5.97 Å². The van der Waals surface area contributed by atoms with Crippen molar-refractivity contribution in [2.24, 2.45) is 5.41 Å². The minimum Gasteiger partial charge on any atom is -0.481 e. The fourth-order valence-corrected chi connectivity index (χ4v) is 3.17. The number of nitrogens with one attached hydrogen (secondary N) is 1. The van der Waals surface area contributed by atoms with Crippen LogP contribution >= 0.6 is 0 Å². The van der Waals surface area contributed by atoms with Crippen molar-refractivity contribution in [3.8, 4) is 0 Å².